The minimum absolute atomic E-state index is 0.684. The van der Waals surface area contributed by atoms with Gasteiger partial charge in [-0.15, -0.1) is 11.3 Å². The van der Waals surface area contributed by atoms with Gasteiger partial charge in [-0.1, -0.05) is 60.7 Å². The first-order valence-electron chi connectivity index (χ1n) is 10.9. The highest BCUT2D eigenvalue weighted by molar-refractivity contribution is 7.15. The standard InChI is InChI=1S/C25H29N3S/c1-3-9-20(10-4-1)18-27-15-7-13-23(27)24-14-8-16-28(24)19-22-17-26-25(29-22)21-11-5-2-6-12-21/h1-6,9-12,17,23-24H,7-8,13-16,18-19H2/t23-,24-/m1/s1. The molecule has 2 saturated heterocycles. The summed E-state index contributed by atoms with van der Waals surface area (Å²) in [5, 5.41) is 1.14. The van der Waals surface area contributed by atoms with Crippen LogP contribution in [-0.2, 0) is 13.1 Å². The minimum atomic E-state index is 0.684. The van der Waals surface area contributed by atoms with Gasteiger partial charge in [0.15, 0.2) is 0 Å². The Morgan fingerprint density at radius 3 is 2.10 bits per heavy atom. The average molecular weight is 404 g/mol. The molecular weight excluding hydrogens is 374 g/mol. The fourth-order valence-electron chi connectivity index (χ4n) is 5.08. The van der Waals surface area contributed by atoms with Gasteiger partial charge in [-0.05, 0) is 44.3 Å². The molecule has 3 aromatic rings. The topological polar surface area (TPSA) is 19.4 Å². The number of likely N-dealkylation sites (tertiary alicyclic amines) is 2. The second kappa shape index (κ2) is 8.78. The van der Waals surface area contributed by atoms with Crippen molar-refractivity contribution < 1.29 is 0 Å². The van der Waals surface area contributed by atoms with E-state index in [1.165, 1.54) is 54.8 Å². The fraction of sp³-hybridized carbons (Fsp3) is 0.400. The zero-order valence-corrected chi connectivity index (χ0v) is 17.7. The lowest BCUT2D eigenvalue weighted by atomic mass is 10.0. The Kier molecular flexibility index (Phi) is 5.75. The minimum Gasteiger partial charge on any atom is -0.295 e. The van der Waals surface area contributed by atoms with Crippen LogP contribution in [0.2, 0.25) is 0 Å². The maximum Gasteiger partial charge on any atom is 0.123 e. The molecule has 0 saturated carbocycles. The Labute approximate surface area is 178 Å². The van der Waals surface area contributed by atoms with Crippen LogP contribution in [-0.4, -0.2) is 40.0 Å². The van der Waals surface area contributed by atoms with Gasteiger partial charge in [0.25, 0.3) is 0 Å². The molecule has 2 aliphatic heterocycles. The normalized spacial score (nSPS) is 23.0. The molecule has 0 radical (unpaired) electrons. The summed E-state index contributed by atoms with van der Waals surface area (Å²) < 4.78 is 0. The zero-order valence-electron chi connectivity index (χ0n) is 16.9. The first-order chi connectivity index (χ1) is 14.4. The van der Waals surface area contributed by atoms with E-state index in [0.717, 1.165) is 18.1 Å². The highest BCUT2D eigenvalue weighted by Crippen LogP contribution is 2.33. The molecule has 3 heterocycles. The number of thiazole rings is 1. The van der Waals surface area contributed by atoms with Crippen molar-refractivity contribution in [1.29, 1.82) is 0 Å². The predicted octanol–water partition coefficient (Wildman–Crippen LogP) is 5.44. The molecule has 2 atom stereocenters. The van der Waals surface area contributed by atoms with Gasteiger partial charge < -0.3 is 0 Å². The van der Waals surface area contributed by atoms with Gasteiger partial charge in [-0.25, -0.2) is 4.98 Å². The van der Waals surface area contributed by atoms with Crippen LogP contribution >= 0.6 is 11.3 Å². The van der Waals surface area contributed by atoms with Crippen molar-refractivity contribution in [3.8, 4) is 10.6 Å². The summed E-state index contributed by atoms with van der Waals surface area (Å²) in [6, 6.07) is 22.9. The van der Waals surface area contributed by atoms with Gasteiger partial charge in [-0.2, -0.15) is 0 Å². The van der Waals surface area contributed by atoms with Gasteiger partial charge in [0, 0.05) is 41.8 Å². The Morgan fingerprint density at radius 1 is 0.793 bits per heavy atom. The molecule has 0 aliphatic carbocycles. The monoisotopic (exact) mass is 403 g/mol. The van der Waals surface area contributed by atoms with Crippen molar-refractivity contribution in [1.82, 2.24) is 14.8 Å². The number of nitrogens with zero attached hydrogens (tertiary/aromatic N) is 3. The van der Waals surface area contributed by atoms with Gasteiger partial charge in [0.1, 0.15) is 5.01 Å². The third kappa shape index (κ3) is 4.30. The highest BCUT2D eigenvalue weighted by Gasteiger charge is 2.37. The summed E-state index contributed by atoms with van der Waals surface area (Å²) in [4.78, 5) is 11.6. The number of hydrogen-bond acceptors (Lipinski definition) is 4. The number of aromatic nitrogens is 1. The molecule has 2 aromatic carbocycles. The van der Waals surface area contributed by atoms with Crippen LogP contribution in [0.1, 0.15) is 36.1 Å². The van der Waals surface area contributed by atoms with Crippen molar-refractivity contribution in [2.45, 2.75) is 50.9 Å². The van der Waals surface area contributed by atoms with Crippen LogP contribution in [0.5, 0.6) is 0 Å². The second-order valence-electron chi connectivity index (χ2n) is 8.34. The van der Waals surface area contributed by atoms with Gasteiger partial charge in [-0.3, -0.25) is 9.80 Å². The molecule has 4 heteroatoms. The summed E-state index contributed by atoms with van der Waals surface area (Å²) in [5.41, 5.74) is 2.67. The van der Waals surface area contributed by atoms with Gasteiger partial charge >= 0.3 is 0 Å². The lowest BCUT2D eigenvalue weighted by Gasteiger charge is -2.35. The summed E-state index contributed by atoms with van der Waals surface area (Å²) in [7, 11) is 0. The van der Waals surface area contributed by atoms with E-state index in [4.69, 9.17) is 4.98 Å². The number of hydrogen-bond donors (Lipinski definition) is 0. The second-order valence-corrected chi connectivity index (χ2v) is 9.46. The molecule has 3 nitrogen and oxygen atoms in total. The molecule has 0 N–H and O–H groups in total. The summed E-state index contributed by atoms with van der Waals surface area (Å²) in [6.07, 6.45) is 7.43. The van der Waals surface area contributed by atoms with E-state index in [1.807, 2.05) is 11.3 Å². The molecule has 0 bridgehead atoms. The van der Waals surface area contributed by atoms with Crippen LogP contribution in [0.3, 0.4) is 0 Å². The summed E-state index contributed by atoms with van der Waals surface area (Å²) in [6.45, 7) is 4.60. The molecule has 150 valence electrons. The fourth-order valence-corrected chi connectivity index (χ4v) is 6.02. The maximum absolute atomic E-state index is 4.70. The lowest BCUT2D eigenvalue weighted by molar-refractivity contribution is 0.125. The van der Waals surface area contributed by atoms with Crippen molar-refractivity contribution in [3.05, 3.63) is 77.3 Å². The number of benzene rings is 2. The van der Waals surface area contributed by atoms with Crippen LogP contribution in [0.15, 0.2) is 66.9 Å². The molecule has 1 aromatic heterocycles. The molecule has 2 fully saturated rings. The van der Waals surface area contributed by atoms with Crippen molar-refractivity contribution >= 4 is 11.3 Å². The summed E-state index contributed by atoms with van der Waals surface area (Å²) in [5.74, 6) is 0. The van der Waals surface area contributed by atoms with Crippen LogP contribution in [0.4, 0.5) is 0 Å². The van der Waals surface area contributed by atoms with E-state index in [-0.39, 0.29) is 0 Å². The Hall–Kier alpha value is -2.01. The van der Waals surface area contributed by atoms with E-state index in [1.54, 1.807) is 0 Å². The van der Waals surface area contributed by atoms with E-state index in [9.17, 15) is 0 Å². The average Bonchev–Trinajstić information content (AvgIpc) is 3.51. The molecule has 0 unspecified atom stereocenters. The van der Waals surface area contributed by atoms with E-state index >= 15 is 0 Å². The molecule has 0 spiro atoms. The first kappa shape index (κ1) is 19.0. The molecule has 5 rings (SSSR count). The molecular formula is C25H29N3S. The predicted molar refractivity (Wildman–Crippen MR) is 121 cm³/mol. The smallest absolute Gasteiger partial charge is 0.123 e. The van der Waals surface area contributed by atoms with Crippen molar-refractivity contribution in [2.24, 2.45) is 0 Å². The Morgan fingerprint density at radius 2 is 1.41 bits per heavy atom. The van der Waals surface area contributed by atoms with Crippen LogP contribution in [0.25, 0.3) is 10.6 Å². The van der Waals surface area contributed by atoms with Gasteiger partial charge in [0.2, 0.25) is 0 Å². The first-order valence-corrected chi connectivity index (χ1v) is 11.7. The van der Waals surface area contributed by atoms with Crippen molar-refractivity contribution in [2.75, 3.05) is 13.1 Å². The van der Waals surface area contributed by atoms with Crippen molar-refractivity contribution in [3.63, 3.8) is 0 Å². The maximum atomic E-state index is 4.70. The number of rotatable bonds is 6. The van der Waals surface area contributed by atoms with Crippen LogP contribution in [0, 0.1) is 0 Å². The Balaban J connectivity index is 1.27. The van der Waals surface area contributed by atoms with E-state index in [2.05, 4.69) is 76.7 Å². The van der Waals surface area contributed by atoms with Gasteiger partial charge in [0.05, 0.1) is 0 Å². The lowest BCUT2D eigenvalue weighted by Crippen LogP contribution is -2.45. The van der Waals surface area contributed by atoms with Crippen LogP contribution < -0.4 is 0 Å². The van der Waals surface area contributed by atoms with E-state index < -0.39 is 0 Å². The quantitative estimate of drug-likeness (QED) is 0.546. The zero-order chi connectivity index (χ0) is 19.5. The SMILES string of the molecule is c1ccc(CN2CCC[C@@H]2[C@H]2CCCN2Cc2cnc(-c3ccccc3)s2)cc1. The largest absolute Gasteiger partial charge is 0.295 e. The Bertz CT molecular complexity index is 908. The van der Waals surface area contributed by atoms with E-state index in [0.29, 0.717) is 12.1 Å². The third-order valence-electron chi connectivity index (χ3n) is 6.43. The summed E-state index contributed by atoms with van der Waals surface area (Å²) >= 11 is 1.85. The third-order valence-corrected chi connectivity index (χ3v) is 7.47. The molecule has 0 amide bonds. The molecule has 29 heavy (non-hydrogen) atoms. The molecule has 2 aliphatic rings. The highest BCUT2D eigenvalue weighted by atomic mass is 32.1.